The zero-order valence-corrected chi connectivity index (χ0v) is 16.2. The van der Waals surface area contributed by atoms with Gasteiger partial charge in [-0.1, -0.05) is 11.6 Å². The number of nitrogens with one attached hydrogen (secondary N) is 2. The summed E-state index contributed by atoms with van der Waals surface area (Å²) in [4.78, 5) is 10.2. The summed E-state index contributed by atoms with van der Waals surface area (Å²) >= 11 is 5.79. The Morgan fingerprint density at radius 1 is 1.07 bits per heavy atom. The van der Waals surface area contributed by atoms with Crippen molar-refractivity contribution >= 4 is 35.4 Å². The number of halogens is 3. The molecule has 0 atom stereocenters. The highest BCUT2D eigenvalue weighted by molar-refractivity contribution is 6.31. The molecule has 0 aliphatic carbocycles. The fourth-order valence-corrected chi connectivity index (χ4v) is 2.67. The minimum atomic E-state index is -0.464. The molecule has 1 heterocycles. The van der Waals surface area contributed by atoms with E-state index in [9.17, 15) is 14.5 Å². The Hall–Kier alpha value is -2.61. The maximum atomic E-state index is 13.2. The van der Waals surface area contributed by atoms with Gasteiger partial charge in [-0.05, 0) is 42.5 Å². The predicted molar refractivity (Wildman–Crippen MR) is 110 cm³/mol. The molecule has 0 unspecified atom stereocenters. The number of nitrogens with zero attached hydrogens (tertiary/aromatic N) is 1. The lowest BCUT2D eigenvalue weighted by atomic mass is 10.2. The number of benzene rings is 2. The summed E-state index contributed by atoms with van der Waals surface area (Å²) < 4.78 is 19.0. The molecular formula is C19H18Cl2FN3O3. The first kappa shape index (κ1) is 21.7. The van der Waals surface area contributed by atoms with Crippen LogP contribution in [0.25, 0.3) is 11.3 Å². The van der Waals surface area contributed by atoms with Gasteiger partial charge in [0.1, 0.15) is 17.3 Å². The van der Waals surface area contributed by atoms with Crippen molar-refractivity contribution in [1.29, 1.82) is 0 Å². The summed E-state index contributed by atoms with van der Waals surface area (Å²) in [6, 6.07) is 14.4. The Kier molecular flexibility index (Phi) is 7.80. The van der Waals surface area contributed by atoms with E-state index in [4.69, 9.17) is 16.0 Å². The van der Waals surface area contributed by atoms with Gasteiger partial charge in [0.05, 0.1) is 16.5 Å². The Morgan fingerprint density at radius 2 is 1.82 bits per heavy atom. The number of furan rings is 1. The van der Waals surface area contributed by atoms with Crippen LogP contribution in [-0.2, 0) is 6.54 Å². The SMILES string of the molecule is Cl.O=[N+]([O-])c1ccc(NCCNCc2ccc(-c3ccc(F)c(Cl)c3)o2)cc1. The van der Waals surface area contributed by atoms with E-state index in [0.717, 1.165) is 11.4 Å². The maximum Gasteiger partial charge on any atom is 0.269 e. The Balaban J connectivity index is 0.00000280. The highest BCUT2D eigenvalue weighted by Crippen LogP contribution is 2.26. The molecule has 6 nitrogen and oxygen atoms in total. The van der Waals surface area contributed by atoms with Gasteiger partial charge in [-0.2, -0.15) is 0 Å². The third kappa shape index (κ3) is 5.69. The predicted octanol–water partition coefficient (Wildman–Crippen LogP) is 5.27. The van der Waals surface area contributed by atoms with E-state index in [0.29, 0.717) is 31.0 Å². The van der Waals surface area contributed by atoms with Gasteiger partial charge in [0.25, 0.3) is 5.69 Å². The summed E-state index contributed by atoms with van der Waals surface area (Å²) in [7, 11) is 0. The molecule has 9 heteroatoms. The second-order valence-corrected chi connectivity index (χ2v) is 6.21. The first-order valence-electron chi connectivity index (χ1n) is 8.26. The topological polar surface area (TPSA) is 80.3 Å². The molecule has 0 fully saturated rings. The quantitative estimate of drug-likeness (QED) is 0.291. The third-order valence-electron chi connectivity index (χ3n) is 3.87. The van der Waals surface area contributed by atoms with Crippen molar-refractivity contribution in [3.63, 3.8) is 0 Å². The molecule has 1 aromatic heterocycles. The average molecular weight is 426 g/mol. The number of nitro benzene ring substituents is 1. The number of anilines is 1. The first-order chi connectivity index (χ1) is 13.0. The zero-order chi connectivity index (χ0) is 19.2. The van der Waals surface area contributed by atoms with Gasteiger partial charge in [-0.3, -0.25) is 10.1 Å². The minimum Gasteiger partial charge on any atom is -0.460 e. The second kappa shape index (κ2) is 10.1. The summed E-state index contributed by atoms with van der Waals surface area (Å²) in [5.41, 5.74) is 1.60. The molecule has 3 rings (SSSR count). The van der Waals surface area contributed by atoms with E-state index in [-0.39, 0.29) is 23.1 Å². The monoisotopic (exact) mass is 425 g/mol. The van der Waals surface area contributed by atoms with Gasteiger partial charge >= 0.3 is 0 Å². The number of hydrogen-bond donors (Lipinski definition) is 2. The van der Waals surface area contributed by atoms with Crippen LogP contribution in [0, 0.1) is 15.9 Å². The van der Waals surface area contributed by atoms with Gasteiger partial charge < -0.3 is 15.1 Å². The lowest BCUT2D eigenvalue weighted by Gasteiger charge is -2.07. The van der Waals surface area contributed by atoms with Crippen molar-refractivity contribution in [3.05, 3.63) is 81.3 Å². The Bertz CT molecular complexity index is 932. The fourth-order valence-electron chi connectivity index (χ4n) is 2.49. The van der Waals surface area contributed by atoms with Gasteiger partial charge in [-0.25, -0.2) is 4.39 Å². The normalized spacial score (nSPS) is 10.4. The number of hydrogen-bond acceptors (Lipinski definition) is 5. The van der Waals surface area contributed by atoms with Crippen LogP contribution in [0.1, 0.15) is 5.76 Å². The van der Waals surface area contributed by atoms with Crippen molar-refractivity contribution in [2.75, 3.05) is 18.4 Å². The molecular weight excluding hydrogens is 408 g/mol. The van der Waals surface area contributed by atoms with Gasteiger partial charge in [-0.15, -0.1) is 12.4 Å². The highest BCUT2D eigenvalue weighted by atomic mass is 35.5. The second-order valence-electron chi connectivity index (χ2n) is 5.80. The molecule has 3 aromatic rings. The Labute approximate surface area is 172 Å². The van der Waals surface area contributed by atoms with Crippen molar-refractivity contribution in [2.24, 2.45) is 0 Å². The fraction of sp³-hybridized carbons (Fsp3) is 0.158. The van der Waals surface area contributed by atoms with Crippen LogP contribution in [0.5, 0.6) is 0 Å². The van der Waals surface area contributed by atoms with Crippen LogP contribution in [-0.4, -0.2) is 18.0 Å². The van der Waals surface area contributed by atoms with Gasteiger partial charge in [0.15, 0.2) is 0 Å². The molecule has 28 heavy (non-hydrogen) atoms. The van der Waals surface area contributed by atoms with Crippen molar-refractivity contribution in [3.8, 4) is 11.3 Å². The number of nitro groups is 1. The largest absolute Gasteiger partial charge is 0.460 e. The third-order valence-corrected chi connectivity index (χ3v) is 4.16. The molecule has 0 aliphatic heterocycles. The van der Waals surface area contributed by atoms with E-state index in [1.165, 1.54) is 24.3 Å². The number of non-ortho nitro benzene ring substituents is 1. The highest BCUT2D eigenvalue weighted by Gasteiger charge is 2.08. The lowest BCUT2D eigenvalue weighted by Crippen LogP contribution is -2.21. The Morgan fingerprint density at radius 3 is 2.50 bits per heavy atom. The van der Waals surface area contributed by atoms with Crippen LogP contribution in [0.4, 0.5) is 15.8 Å². The molecule has 0 saturated heterocycles. The molecule has 0 amide bonds. The molecule has 0 aliphatic rings. The van der Waals surface area contributed by atoms with E-state index >= 15 is 0 Å². The van der Waals surface area contributed by atoms with Gasteiger partial charge in [0, 0.05) is 36.5 Å². The molecule has 2 N–H and O–H groups in total. The van der Waals surface area contributed by atoms with Crippen LogP contribution < -0.4 is 10.6 Å². The summed E-state index contributed by atoms with van der Waals surface area (Å²) in [6.07, 6.45) is 0. The van der Waals surface area contributed by atoms with Crippen molar-refractivity contribution in [2.45, 2.75) is 6.54 Å². The first-order valence-corrected chi connectivity index (χ1v) is 8.64. The molecule has 0 bridgehead atoms. The smallest absolute Gasteiger partial charge is 0.269 e. The standard InChI is InChI=1S/C19H17ClFN3O3.ClH/c20-17-11-13(1-7-18(17)21)19-8-6-16(27-19)12-22-9-10-23-14-2-4-15(5-3-14)24(25)26;/h1-8,11,22-23H,9-10,12H2;1H. The summed E-state index contributed by atoms with van der Waals surface area (Å²) in [5.74, 6) is 0.910. The summed E-state index contributed by atoms with van der Waals surface area (Å²) in [6.45, 7) is 1.87. The van der Waals surface area contributed by atoms with E-state index in [1.54, 1.807) is 18.2 Å². The lowest BCUT2D eigenvalue weighted by molar-refractivity contribution is -0.384. The van der Waals surface area contributed by atoms with E-state index in [2.05, 4.69) is 10.6 Å². The van der Waals surface area contributed by atoms with Crippen molar-refractivity contribution in [1.82, 2.24) is 5.32 Å². The zero-order valence-electron chi connectivity index (χ0n) is 14.7. The molecule has 2 aromatic carbocycles. The van der Waals surface area contributed by atoms with Crippen molar-refractivity contribution < 1.29 is 13.7 Å². The average Bonchev–Trinajstić information content (AvgIpc) is 3.13. The van der Waals surface area contributed by atoms with E-state index < -0.39 is 10.7 Å². The van der Waals surface area contributed by atoms with Crippen LogP contribution in [0.3, 0.4) is 0 Å². The minimum absolute atomic E-state index is 0. The van der Waals surface area contributed by atoms with Crippen LogP contribution in [0.2, 0.25) is 5.02 Å². The molecule has 148 valence electrons. The van der Waals surface area contributed by atoms with Crippen LogP contribution >= 0.6 is 24.0 Å². The summed E-state index contributed by atoms with van der Waals surface area (Å²) in [5, 5.41) is 17.1. The molecule has 0 radical (unpaired) electrons. The molecule has 0 spiro atoms. The maximum absolute atomic E-state index is 13.2. The van der Waals surface area contributed by atoms with E-state index in [1.807, 2.05) is 12.1 Å². The van der Waals surface area contributed by atoms with Crippen LogP contribution in [0.15, 0.2) is 59.0 Å². The number of rotatable bonds is 8. The van der Waals surface area contributed by atoms with Gasteiger partial charge in [0.2, 0.25) is 0 Å². The molecule has 0 saturated carbocycles.